The topological polar surface area (TPSA) is 112 Å². The normalized spacial score (nSPS) is 10.5. The van der Waals surface area contributed by atoms with Crippen LogP contribution in [-0.2, 0) is 14.3 Å². The van der Waals surface area contributed by atoms with Gasteiger partial charge in [0, 0.05) is 4.88 Å². The van der Waals surface area contributed by atoms with E-state index >= 15 is 0 Å². The van der Waals surface area contributed by atoms with E-state index in [0.717, 1.165) is 16.1 Å². The second-order valence-electron chi connectivity index (χ2n) is 6.22. The quantitative estimate of drug-likeness (QED) is 0.576. The fourth-order valence-electron chi connectivity index (χ4n) is 2.63. The highest BCUT2D eigenvalue weighted by Gasteiger charge is 2.22. The van der Waals surface area contributed by atoms with Crippen LogP contribution < -0.4 is 5.32 Å². The first-order valence-corrected chi connectivity index (χ1v) is 9.91. The minimum absolute atomic E-state index is 0.230. The van der Waals surface area contributed by atoms with Crippen molar-refractivity contribution in [3.63, 3.8) is 0 Å². The van der Waals surface area contributed by atoms with E-state index in [-0.39, 0.29) is 6.61 Å². The number of aryl methyl sites for hydroxylation is 1. The van der Waals surface area contributed by atoms with Crippen molar-refractivity contribution in [3.05, 3.63) is 58.5 Å². The van der Waals surface area contributed by atoms with Gasteiger partial charge >= 0.3 is 11.9 Å². The first-order chi connectivity index (χ1) is 14.4. The number of aromatic nitrogens is 3. The molecule has 0 aliphatic heterocycles. The SMILES string of the molecule is CCOC(=O)c1c(NC(=O)COC(=O)c2ccc(-n3cncn3)cc2)sc(C)c1C. The summed E-state index contributed by atoms with van der Waals surface area (Å²) in [5.74, 6) is -1.69. The number of thiophene rings is 1. The highest BCUT2D eigenvalue weighted by Crippen LogP contribution is 2.33. The zero-order valence-corrected chi connectivity index (χ0v) is 17.5. The van der Waals surface area contributed by atoms with Crippen molar-refractivity contribution in [1.82, 2.24) is 14.8 Å². The van der Waals surface area contributed by atoms with Gasteiger partial charge in [0.2, 0.25) is 0 Å². The molecule has 1 aromatic carbocycles. The molecular formula is C20H20N4O5S. The lowest BCUT2D eigenvalue weighted by Crippen LogP contribution is -2.21. The van der Waals surface area contributed by atoms with Crippen molar-refractivity contribution < 1.29 is 23.9 Å². The molecule has 3 rings (SSSR count). The number of benzene rings is 1. The van der Waals surface area contributed by atoms with Gasteiger partial charge in [0.25, 0.3) is 5.91 Å². The third-order valence-electron chi connectivity index (χ3n) is 4.24. The summed E-state index contributed by atoms with van der Waals surface area (Å²) >= 11 is 1.27. The highest BCUT2D eigenvalue weighted by atomic mass is 32.1. The molecule has 0 spiro atoms. The van der Waals surface area contributed by atoms with Gasteiger partial charge in [-0.05, 0) is 50.6 Å². The van der Waals surface area contributed by atoms with E-state index in [1.807, 2.05) is 6.92 Å². The van der Waals surface area contributed by atoms with Gasteiger partial charge in [-0.15, -0.1) is 11.3 Å². The van der Waals surface area contributed by atoms with Gasteiger partial charge in [-0.1, -0.05) is 0 Å². The van der Waals surface area contributed by atoms with Crippen LogP contribution in [0.2, 0.25) is 0 Å². The van der Waals surface area contributed by atoms with Crippen LogP contribution in [0.1, 0.15) is 38.1 Å². The fourth-order valence-corrected chi connectivity index (χ4v) is 3.70. The Labute approximate surface area is 176 Å². The van der Waals surface area contributed by atoms with Crippen molar-refractivity contribution >= 4 is 34.2 Å². The molecule has 2 heterocycles. The minimum atomic E-state index is -0.639. The molecule has 9 nitrogen and oxygen atoms in total. The lowest BCUT2D eigenvalue weighted by molar-refractivity contribution is -0.119. The number of anilines is 1. The molecule has 156 valence electrons. The second kappa shape index (κ2) is 9.31. The Bertz CT molecular complexity index is 1060. The third kappa shape index (κ3) is 4.71. The largest absolute Gasteiger partial charge is 0.462 e. The lowest BCUT2D eigenvalue weighted by atomic mass is 10.1. The van der Waals surface area contributed by atoms with Crippen molar-refractivity contribution in [2.24, 2.45) is 0 Å². The molecule has 0 radical (unpaired) electrons. The van der Waals surface area contributed by atoms with Crippen LogP contribution in [0.3, 0.4) is 0 Å². The van der Waals surface area contributed by atoms with E-state index in [1.165, 1.54) is 24.0 Å². The molecule has 1 amide bonds. The maximum absolute atomic E-state index is 12.3. The molecule has 0 aliphatic carbocycles. The number of nitrogens with one attached hydrogen (secondary N) is 1. The minimum Gasteiger partial charge on any atom is -0.462 e. The molecule has 0 bridgehead atoms. The Morgan fingerprint density at radius 3 is 2.47 bits per heavy atom. The average Bonchev–Trinajstić information content (AvgIpc) is 3.35. The number of carbonyl (C=O) groups is 3. The van der Waals surface area contributed by atoms with E-state index in [0.29, 0.717) is 16.1 Å². The number of nitrogens with zero attached hydrogens (tertiary/aromatic N) is 3. The van der Waals surface area contributed by atoms with Gasteiger partial charge in [0.15, 0.2) is 6.61 Å². The van der Waals surface area contributed by atoms with Crippen LogP contribution in [0.4, 0.5) is 5.00 Å². The summed E-state index contributed by atoms with van der Waals surface area (Å²) in [5, 5.41) is 7.01. The molecule has 10 heteroatoms. The van der Waals surface area contributed by atoms with Gasteiger partial charge in [-0.2, -0.15) is 5.10 Å². The van der Waals surface area contributed by atoms with E-state index in [1.54, 1.807) is 42.8 Å². The van der Waals surface area contributed by atoms with Crippen molar-refractivity contribution in [3.8, 4) is 5.69 Å². The highest BCUT2D eigenvalue weighted by molar-refractivity contribution is 7.16. The Morgan fingerprint density at radius 2 is 1.83 bits per heavy atom. The molecule has 2 aromatic heterocycles. The van der Waals surface area contributed by atoms with Crippen LogP contribution in [0.15, 0.2) is 36.9 Å². The van der Waals surface area contributed by atoms with Gasteiger partial charge in [-0.3, -0.25) is 4.79 Å². The zero-order chi connectivity index (χ0) is 21.7. The van der Waals surface area contributed by atoms with Crippen molar-refractivity contribution in [1.29, 1.82) is 0 Å². The third-order valence-corrected chi connectivity index (χ3v) is 5.36. The number of rotatable bonds is 7. The van der Waals surface area contributed by atoms with Crippen LogP contribution in [0.25, 0.3) is 5.69 Å². The van der Waals surface area contributed by atoms with E-state index in [9.17, 15) is 14.4 Å². The van der Waals surface area contributed by atoms with E-state index < -0.39 is 24.5 Å². The Kier molecular flexibility index (Phi) is 6.58. The second-order valence-corrected chi connectivity index (χ2v) is 7.44. The standard InChI is InChI=1S/C20H20N4O5S/c1-4-28-20(27)17-12(2)13(3)30-18(17)23-16(25)9-29-19(26)14-5-7-15(8-6-14)24-11-21-10-22-24/h5-8,10-11H,4,9H2,1-3H3,(H,23,25). The van der Waals surface area contributed by atoms with Crippen LogP contribution in [0.5, 0.6) is 0 Å². The fraction of sp³-hybridized carbons (Fsp3) is 0.250. The van der Waals surface area contributed by atoms with Gasteiger partial charge < -0.3 is 14.8 Å². The number of carbonyl (C=O) groups excluding carboxylic acids is 3. The first kappa shape index (κ1) is 21.2. The number of amides is 1. The van der Waals surface area contributed by atoms with Crippen LogP contribution >= 0.6 is 11.3 Å². The maximum atomic E-state index is 12.3. The number of hydrogen-bond donors (Lipinski definition) is 1. The van der Waals surface area contributed by atoms with Crippen LogP contribution in [0, 0.1) is 13.8 Å². The summed E-state index contributed by atoms with van der Waals surface area (Å²) in [6.07, 6.45) is 2.95. The summed E-state index contributed by atoms with van der Waals surface area (Å²) in [6, 6.07) is 6.52. The summed E-state index contributed by atoms with van der Waals surface area (Å²) in [7, 11) is 0. The average molecular weight is 428 g/mol. The van der Waals surface area contributed by atoms with Crippen molar-refractivity contribution in [2.45, 2.75) is 20.8 Å². The Morgan fingerprint density at radius 1 is 1.10 bits per heavy atom. The maximum Gasteiger partial charge on any atom is 0.341 e. The predicted octanol–water partition coefficient (Wildman–Crippen LogP) is 2.92. The molecule has 0 aliphatic rings. The lowest BCUT2D eigenvalue weighted by Gasteiger charge is -2.08. The molecule has 0 saturated heterocycles. The number of hydrogen-bond acceptors (Lipinski definition) is 8. The smallest absolute Gasteiger partial charge is 0.341 e. The summed E-state index contributed by atoms with van der Waals surface area (Å²) in [4.78, 5) is 41.4. The predicted molar refractivity (Wildman–Crippen MR) is 110 cm³/mol. The summed E-state index contributed by atoms with van der Waals surface area (Å²) < 4.78 is 11.7. The number of esters is 2. The molecule has 30 heavy (non-hydrogen) atoms. The van der Waals surface area contributed by atoms with Crippen LogP contribution in [-0.4, -0.2) is 45.8 Å². The zero-order valence-electron chi connectivity index (χ0n) is 16.7. The first-order valence-electron chi connectivity index (χ1n) is 9.09. The Balaban J connectivity index is 1.60. The molecule has 0 atom stereocenters. The van der Waals surface area contributed by atoms with E-state index in [2.05, 4.69) is 15.4 Å². The monoisotopic (exact) mass is 428 g/mol. The molecule has 1 N–H and O–H groups in total. The van der Waals surface area contributed by atoms with Gasteiger partial charge in [-0.25, -0.2) is 19.3 Å². The summed E-state index contributed by atoms with van der Waals surface area (Å²) in [5.41, 5.74) is 2.10. The number of ether oxygens (including phenoxy) is 2. The Hall–Kier alpha value is -3.53. The van der Waals surface area contributed by atoms with Gasteiger partial charge in [0.1, 0.15) is 17.7 Å². The molecule has 0 fully saturated rings. The molecule has 0 saturated carbocycles. The summed E-state index contributed by atoms with van der Waals surface area (Å²) in [6.45, 7) is 5.09. The van der Waals surface area contributed by atoms with E-state index in [4.69, 9.17) is 9.47 Å². The molecule has 0 unspecified atom stereocenters. The molecular weight excluding hydrogens is 408 g/mol. The van der Waals surface area contributed by atoms with Crippen molar-refractivity contribution in [2.75, 3.05) is 18.5 Å². The molecule has 3 aromatic rings. The van der Waals surface area contributed by atoms with Gasteiger partial charge in [0.05, 0.1) is 23.4 Å².